The number of hydrogen-bond acceptors (Lipinski definition) is 3. The number of rotatable bonds is 9. The number of halogens is 1. The first-order chi connectivity index (χ1) is 13.8. The molecule has 0 aliphatic heterocycles. The summed E-state index contributed by atoms with van der Waals surface area (Å²) >= 11 is 0. The van der Waals surface area contributed by atoms with Crippen molar-refractivity contribution in [2.45, 2.75) is 58.4 Å². The zero-order valence-electron chi connectivity index (χ0n) is 17.6. The van der Waals surface area contributed by atoms with Crippen molar-refractivity contribution in [3.05, 3.63) is 30.6 Å². The fraction of sp³-hybridized carbons (Fsp3) is 0.636. The van der Waals surface area contributed by atoms with Gasteiger partial charge in [-0.2, -0.15) is 0 Å². The van der Waals surface area contributed by atoms with Crippen LogP contribution < -0.4 is 10.6 Å². The molecule has 3 N–H and O–H groups in total. The van der Waals surface area contributed by atoms with E-state index in [0.717, 1.165) is 50.5 Å². The van der Waals surface area contributed by atoms with E-state index >= 15 is 0 Å². The molecule has 0 spiro atoms. The highest BCUT2D eigenvalue weighted by atomic mass is 127. The number of guanidine groups is 1. The molecule has 0 atom stereocenters. The number of aryl methyl sites for hydroxylation is 1. The van der Waals surface area contributed by atoms with Crippen LogP contribution in [0.1, 0.15) is 51.9 Å². The Balaban J connectivity index is 0.00000300. The van der Waals surface area contributed by atoms with Crippen molar-refractivity contribution in [1.82, 2.24) is 20.2 Å². The Morgan fingerprint density at radius 1 is 1.21 bits per heavy atom. The summed E-state index contributed by atoms with van der Waals surface area (Å²) in [5.41, 5.74) is 2.42. The summed E-state index contributed by atoms with van der Waals surface area (Å²) in [5.74, 6) is 0.890. The Labute approximate surface area is 191 Å². The molecule has 0 bridgehead atoms. The third-order valence-corrected chi connectivity index (χ3v) is 5.87. The average molecular weight is 513 g/mol. The molecule has 6 nitrogen and oxygen atoms in total. The number of aliphatic imine (C=N–C) groups is 1. The van der Waals surface area contributed by atoms with Gasteiger partial charge in [0.2, 0.25) is 0 Å². The van der Waals surface area contributed by atoms with Crippen molar-refractivity contribution in [2.24, 2.45) is 10.4 Å². The van der Waals surface area contributed by atoms with Crippen LogP contribution in [0.4, 0.5) is 0 Å². The molecular formula is C22H36IN5O. The minimum Gasteiger partial charge on any atom is -0.396 e. The smallest absolute Gasteiger partial charge is 0.191 e. The molecule has 1 aromatic heterocycles. The van der Waals surface area contributed by atoms with E-state index < -0.39 is 0 Å². The molecule has 0 unspecified atom stereocenters. The van der Waals surface area contributed by atoms with Crippen LogP contribution in [-0.4, -0.2) is 46.9 Å². The second-order valence-electron chi connectivity index (χ2n) is 7.94. The number of aliphatic hydroxyl groups is 1. The largest absolute Gasteiger partial charge is 0.396 e. The number of aliphatic hydroxyl groups excluding tert-OH is 1. The number of aromatic nitrogens is 2. The third-order valence-electron chi connectivity index (χ3n) is 5.87. The normalized spacial score (nSPS) is 16.4. The quantitative estimate of drug-likeness (QED) is 0.206. The summed E-state index contributed by atoms with van der Waals surface area (Å²) in [6.45, 7) is 5.81. The highest BCUT2D eigenvalue weighted by Gasteiger charge is 2.31. The van der Waals surface area contributed by atoms with E-state index in [0.29, 0.717) is 0 Å². The van der Waals surface area contributed by atoms with Crippen molar-refractivity contribution >= 4 is 41.0 Å². The number of benzene rings is 1. The van der Waals surface area contributed by atoms with Crippen LogP contribution in [0.2, 0.25) is 0 Å². The molecule has 1 aliphatic carbocycles. The van der Waals surface area contributed by atoms with E-state index in [1.807, 2.05) is 18.5 Å². The SMILES string of the molecule is CCNC(=NCC1(CCO)CCCCC1)NCCCn1cnc2ccccc21.I. The highest BCUT2D eigenvalue weighted by Crippen LogP contribution is 2.39. The van der Waals surface area contributed by atoms with Crippen molar-refractivity contribution in [1.29, 1.82) is 0 Å². The van der Waals surface area contributed by atoms with Crippen molar-refractivity contribution in [3.8, 4) is 0 Å². The van der Waals surface area contributed by atoms with E-state index in [4.69, 9.17) is 4.99 Å². The minimum atomic E-state index is 0. The first kappa shape index (κ1) is 23.9. The van der Waals surface area contributed by atoms with Crippen LogP contribution >= 0.6 is 24.0 Å². The van der Waals surface area contributed by atoms with E-state index in [1.165, 1.54) is 37.6 Å². The lowest BCUT2D eigenvalue weighted by Crippen LogP contribution is -2.39. The molecule has 1 heterocycles. The van der Waals surface area contributed by atoms with Gasteiger partial charge in [0.25, 0.3) is 0 Å². The fourth-order valence-corrected chi connectivity index (χ4v) is 4.26. The maximum Gasteiger partial charge on any atom is 0.191 e. The number of fused-ring (bicyclic) bond motifs is 1. The molecule has 1 saturated carbocycles. The first-order valence-electron chi connectivity index (χ1n) is 10.8. The molecular weight excluding hydrogens is 477 g/mol. The summed E-state index contributed by atoms with van der Waals surface area (Å²) in [4.78, 5) is 9.33. The molecule has 7 heteroatoms. The maximum atomic E-state index is 9.50. The molecule has 2 aromatic rings. The number of nitrogens with zero attached hydrogens (tertiary/aromatic N) is 3. The molecule has 0 saturated heterocycles. The summed E-state index contributed by atoms with van der Waals surface area (Å²) in [6, 6.07) is 8.25. The lowest BCUT2D eigenvalue weighted by molar-refractivity contribution is 0.137. The zero-order valence-corrected chi connectivity index (χ0v) is 19.9. The van der Waals surface area contributed by atoms with Crippen molar-refractivity contribution < 1.29 is 5.11 Å². The minimum absolute atomic E-state index is 0. The van der Waals surface area contributed by atoms with Crippen LogP contribution in [0.3, 0.4) is 0 Å². The van der Waals surface area contributed by atoms with Gasteiger partial charge < -0.3 is 20.3 Å². The van der Waals surface area contributed by atoms with E-state index in [-0.39, 0.29) is 36.0 Å². The van der Waals surface area contributed by atoms with Crippen LogP contribution in [0.25, 0.3) is 11.0 Å². The van der Waals surface area contributed by atoms with Gasteiger partial charge in [0.15, 0.2) is 5.96 Å². The molecule has 162 valence electrons. The van der Waals surface area contributed by atoms with E-state index in [9.17, 15) is 5.11 Å². The van der Waals surface area contributed by atoms with Crippen LogP contribution in [0.5, 0.6) is 0 Å². The number of para-hydroxylation sites is 2. The zero-order chi connectivity index (χ0) is 19.7. The topological polar surface area (TPSA) is 74.5 Å². The predicted octanol–water partition coefficient (Wildman–Crippen LogP) is 3.93. The summed E-state index contributed by atoms with van der Waals surface area (Å²) in [6.07, 6.45) is 10.0. The molecule has 0 radical (unpaired) electrons. The van der Waals surface area contributed by atoms with Crippen LogP contribution in [0.15, 0.2) is 35.6 Å². The fourth-order valence-electron chi connectivity index (χ4n) is 4.26. The van der Waals surface area contributed by atoms with Gasteiger partial charge in [-0.25, -0.2) is 4.98 Å². The summed E-state index contributed by atoms with van der Waals surface area (Å²) in [7, 11) is 0. The van der Waals surface area contributed by atoms with Gasteiger partial charge >= 0.3 is 0 Å². The Morgan fingerprint density at radius 3 is 2.76 bits per heavy atom. The highest BCUT2D eigenvalue weighted by molar-refractivity contribution is 14.0. The first-order valence-corrected chi connectivity index (χ1v) is 10.8. The van der Waals surface area contributed by atoms with Crippen molar-refractivity contribution in [3.63, 3.8) is 0 Å². The van der Waals surface area contributed by atoms with E-state index in [1.54, 1.807) is 0 Å². The van der Waals surface area contributed by atoms with Gasteiger partial charge in [-0.05, 0) is 50.2 Å². The Morgan fingerprint density at radius 2 is 2.00 bits per heavy atom. The molecule has 0 amide bonds. The van der Waals surface area contributed by atoms with Gasteiger partial charge in [0.1, 0.15) is 0 Å². The molecule has 3 rings (SSSR count). The van der Waals surface area contributed by atoms with Gasteiger partial charge in [0, 0.05) is 32.8 Å². The summed E-state index contributed by atoms with van der Waals surface area (Å²) < 4.78 is 2.21. The molecule has 1 fully saturated rings. The Bertz CT molecular complexity index is 749. The second kappa shape index (κ2) is 12.4. The monoisotopic (exact) mass is 513 g/mol. The molecule has 29 heavy (non-hydrogen) atoms. The van der Waals surface area contributed by atoms with Gasteiger partial charge in [0.05, 0.1) is 17.4 Å². The average Bonchev–Trinajstić information content (AvgIpc) is 3.13. The molecule has 1 aliphatic rings. The summed E-state index contributed by atoms with van der Waals surface area (Å²) in [5, 5.41) is 16.3. The van der Waals surface area contributed by atoms with Gasteiger partial charge in [-0.1, -0.05) is 31.4 Å². The van der Waals surface area contributed by atoms with E-state index in [2.05, 4.69) is 39.2 Å². The molecule has 1 aromatic carbocycles. The van der Waals surface area contributed by atoms with Crippen LogP contribution in [-0.2, 0) is 6.54 Å². The van der Waals surface area contributed by atoms with Gasteiger partial charge in [-0.3, -0.25) is 4.99 Å². The number of hydrogen-bond donors (Lipinski definition) is 3. The Hall–Kier alpha value is -1.35. The Kier molecular flexibility index (Phi) is 10.2. The lowest BCUT2D eigenvalue weighted by atomic mass is 9.72. The maximum absolute atomic E-state index is 9.50. The standard InChI is InChI=1S/C22H35N5O.HI/c1-2-23-21(25-17-22(13-16-28)11-6-3-7-12-22)24-14-8-15-27-18-26-19-9-4-5-10-20(19)27;/h4-5,9-10,18,28H,2-3,6-8,11-17H2,1H3,(H2,23,24,25);1H. The van der Waals surface area contributed by atoms with Crippen molar-refractivity contribution in [2.75, 3.05) is 26.2 Å². The second-order valence-corrected chi connectivity index (χ2v) is 7.94. The predicted molar refractivity (Wildman–Crippen MR) is 131 cm³/mol. The number of imidazole rings is 1. The van der Waals surface area contributed by atoms with Crippen LogP contribution in [0, 0.1) is 5.41 Å². The van der Waals surface area contributed by atoms with Gasteiger partial charge in [-0.15, -0.1) is 24.0 Å². The lowest BCUT2D eigenvalue weighted by Gasteiger charge is -2.35. The third kappa shape index (κ3) is 6.84. The number of nitrogens with one attached hydrogen (secondary N) is 2.